The average Bonchev–Trinajstić information content (AvgIpc) is 3.18. The van der Waals surface area contributed by atoms with Crippen LogP contribution in [0.1, 0.15) is 65.2 Å². The Balaban J connectivity index is 0.000000451. The first kappa shape index (κ1) is 27.2. The maximum absolute atomic E-state index is 2.50. The fraction of sp³-hybridized carbons (Fsp3) is 0.583. The molecule has 0 saturated heterocycles. The van der Waals surface area contributed by atoms with Crippen LogP contribution in [0.25, 0.3) is 0 Å². The van der Waals surface area contributed by atoms with Gasteiger partial charge in [0.05, 0.1) is 0 Å². The Morgan fingerprint density at radius 2 is 1.19 bits per heavy atom. The fourth-order valence-electron chi connectivity index (χ4n) is 4.79. The predicted molar refractivity (Wildman–Crippen MR) is 105 cm³/mol. The van der Waals surface area contributed by atoms with Crippen molar-refractivity contribution in [3.63, 3.8) is 0 Å². The topological polar surface area (TPSA) is 0 Å². The second-order valence-corrected chi connectivity index (χ2v) is 7.96. The van der Waals surface area contributed by atoms with Crippen LogP contribution < -0.4 is 24.8 Å². The Morgan fingerprint density at radius 3 is 1.52 bits per heavy atom. The third-order valence-electron chi connectivity index (χ3n) is 5.98. The molecule has 0 spiro atoms. The quantitative estimate of drug-likeness (QED) is 0.523. The van der Waals surface area contributed by atoms with Gasteiger partial charge in [0.2, 0.25) is 0 Å². The third-order valence-corrected chi connectivity index (χ3v) is 5.98. The molecule has 4 aliphatic carbocycles. The number of rotatable bonds is 4. The van der Waals surface area contributed by atoms with Crippen LogP contribution in [0.4, 0.5) is 0 Å². The summed E-state index contributed by atoms with van der Waals surface area (Å²) in [7, 11) is 0. The van der Waals surface area contributed by atoms with Crippen molar-refractivity contribution in [3.8, 4) is 0 Å². The summed E-state index contributed by atoms with van der Waals surface area (Å²) in [4.78, 5) is 0. The number of allylic oxidation sites excluding steroid dienone is 8. The van der Waals surface area contributed by atoms with Gasteiger partial charge in [-0.1, -0.05) is 64.2 Å². The molecule has 0 N–H and O–H groups in total. The molecule has 0 aromatic heterocycles. The Morgan fingerprint density at radius 1 is 0.778 bits per heavy atom. The van der Waals surface area contributed by atoms with Crippen LogP contribution in [0, 0.1) is 36.5 Å². The van der Waals surface area contributed by atoms with Gasteiger partial charge >= 0.3 is 26.2 Å². The molecule has 2 fully saturated rings. The Hall–Kier alpha value is 0.163. The minimum atomic E-state index is 0. The largest absolute Gasteiger partial charge is 4.00 e. The molecule has 0 nitrogen and oxygen atoms in total. The molecule has 4 unspecified atom stereocenters. The van der Waals surface area contributed by atoms with Gasteiger partial charge in [-0.15, -0.1) is 24.3 Å². The molecule has 0 aliphatic heterocycles. The SMILES string of the molecule is CCCC1[CH-]C2=CC=CCC2C1.CCCC1[CH-]C2=CC=CCC2C1.[Cl-].[Cl-].[Zr+4]. The Bertz CT molecular complexity index is 484. The van der Waals surface area contributed by atoms with E-state index in [1.165, 1.54) is 51.4 Å². The molecule has 0 bridgehead atoms. The second-order valence-electron chi connectivity index (χ2n) is 7.96. The van der Waals surface area contributed by atoms with E-state index >= 15 is 0 Å². The maximum atomic E-state index is 2.50. The van der Waals surface area contributed by atoms with E-state index in [1.807, 2.05) is 0 Å². The maximum Gasteiger partial charge on any atom is 4.00 e. The standard InChI is InChI=1S/2C12H17.2ClH.Zr/c2*1-2-5-10-8-11-6-3-4-7-12(11)9-10;;;/h2*3-4,6,8,10,12H,2,5,7,9H2,1H3;2*1H;/q2*-1;;;+4/p-2. The summed E-state index contributed by atoms with van der Waals surface area (Å²) in [5.74, 6) is 3.50. The van der Waals surface area contributed by atoms with Gasteiger partial charge in [0, 0.05) is 0 Å². The molecule has 0 amide bonds. The zero-order valence-corrected chi connectivity index (χ0v) is 20.8. The van der Waals surface area contributed by atoms with Crippen LogP contribution in [0.2, 0.25) is 0 Å². The van der Waals surface area contributed by atoms with Gasteiger partial charge < -0.3 is 24.8 Å². The zero-order chi connectivity index (χ0) is 16.8. The van der Waals surface area contributed by atoms with Crippen LogP contribution in [0.3, 0.4) is 0 Å². The molecular weight excluding hydrogens is 450 g/mol. The summed E-state index contributed by atoms with van der Waals surface area (Å²) in [5, 5.41) is 0. The smallest absolute Gasteiger partial charge is 1.00 e. The summed E-state index contributed by atoms with van der Waals surface area (Å²) in [5.41, 5.74) is 3.21. The van der Waals surface area contributed by atoms with Crippen molar-refractivity contribution in [3.05, 3.63) is 60.4 Å². The minimum absolute atomic E-state index is 0. The summed E-state index contributed by atoms with van der Waals surface area (Å²) in [6.07, 6.45) is 29.4. The fourth-order valence-corrected chi connectivity index (χ4v) is 4.79. The summed E-state index contributed by atoms with van der Waals surface area (Å²) < 4.78 is 0. The summed E-state index contributed by atoms with van der Waals surface area (Å²) in [6.45, 7) is 4.56. The summed E-state index contributed by atoms with van der Waals surface area (Å²) in [6, 6.07) is 0. The van der Waals surface area contributed by atoms with Crippen molar-refractivity contribution in [2.75, 3.05) is 0 Å². The molecule has 0 radical (unpaired) electrons. The average molecular weight is 485 g/mol. The van der Waals surface area contributed by atoms with Crippen LogP contribution >= 0.6 is 0 Å². The van der Waals surface area contributed by atoms with E-state index < -0.39 is 0 Å². The van der Waals surface area contributed by atoms with E-state index in [1.54, 1.807) is 11.1 Å². The first-order valence-corrected chi connectivity index (χ1v) is 10.2. The van der Waals surface area contributed by atoms with E-state index in [4.69, 9.17) is 0 Å². The number of fused-ring (bicyclic) bond motifs is 2. The second kappa shape index (κ2) is 14.2. The molecule has 0 aromatic carbocycles. The number of halogens is 2. The summed E-state index contributed by atoms with van der Waals surface area (Å²) >= 11 is 0. The van der Waals surface area contributed by atoms with Gasteiger partial charge in [-0.05, 0) is 24.7 Å². The first-order chi connectivity index (χ1) is 11.8. The van der Waals surface area contributed by atoms with Crippen LogP contribution in [0.15, 0.2) is 47.6 Å². The van der Waals surface area contributed by atoms with E-state index in [-0.39, 0.29) is 51.0 Å². The number of hydrogen-bond acceptors (Lipinski definition) is 0. The van der Waals surface area contributed by atoms with Crippen LogP contribution in [0.5, 0.6) is 0 Å². The van der Waals surface area contributed by atoms with E-state index in [0.29, 0.717) is 0 Å². The van der Waals surface area contributed by atoms with Crippen molar-refractivity contribution < 1.29 is 51.0 Å². The molecule has 4 aliphatic rings. The number of hydrogen-bond donors (Lipinski definition) is 0. The minimum Gasteiger partial charge on any atom is -1.00 e. The van der Waals surface area contributed by atoms with Crippen molar-refractivity contribution in [2.45, 2.75) is 65.2 Å². The molecular formula is C24H34Cl2Zr. The van der Waals surface area contributed by atoms with Crippen LogP contribution in [-0.2, 0) is 26.2 Å². The zero-order valence-electron chi connectivity index (χ0n) is 16.8. The first-order valence-electron chi connectivity index (χ1n) is 10.2. The molecule has 3 heteroatoms. The molecule has 4 rings (SSSR count). The molecule has 0 heterocycles. The van der Waals surface area contributed by atoms with E-state index in [0.717, 1.165) is 23.7 Å². The van der Waals surface area contributed by atoms with Gasteiger partial charge in [0.1, 0.15) is 0 Å². The van der Waals surface area contributed by atoms with Crippen LogP contribution in [-0.4, -0.2) is 0 Å². The van der Waals surface area contributed by atoms with Crippen molar-refractivity contribution in [1.82, 2.24) is 0 Å². The van der Waals surface area contributed by atoms with Gasteiger partial charge in [-0.2, -0.15) is 0 Å². The Kier molecular flexibility index (Phi) is 14.3. The molecule has 27 heavy (non-hydrogen) atoms. The van der Waals surface area contributed by atoms with Gasteiger partial charge in [0.15, 0.2) is 0 Å². The molecule has 0 aromatic rings. The monoisotopic (exact) mass is 482 g/mol. The molecule has 148 valence electrons. The normalized spacial score (nSPS) is 29.0. The van der Waals surface area contributed by atoms with E-state index in [2.05, 4.69) is 63.1 Å². The Labute approximate surface area is 199 Å². The van der Waals surface area contributed by atoms with Gasteiger partial charge in [-0.25, -0.2) is 36.1 Å². The predicted octanol–water partition coefficient (Wildman–Crippen LogP) is 1.03. The van der Waals surface area contributed by atoms with E-state index in [9.17, 15) is 0 Å². The van der Waals surface area contributed by atoms with Crippen molar-refractivity contribution in [1.29, 1.82) is 0 Å². The van der Waals surface area contributed by atoms with Crippen molar-refractivity contribution >= 4 is 0 Å². The van der Waals surface area contributed by atoms with Gasteiger partial charge in [-0.3, -0.25) is 0 Å². The van der Waals surface area contributed by atoms with Crippen molar-refractivity contribution in [2.24, 2.45) is 23.7 Å². The third kappa shape index (κ3) is 7.83. The van der Waals surface area contributed by atoms with Gasteiger partial charge in [0.25, 0.3) is 0 Å². The molecule has 4 atom stereocenters. The molecule has 2 saturated carbocycles.